The van der Waals surface area contributed by atoms with Gasteiger partial charge < -0.3 is 4.90 Å². The summed E-state index contributed by atoms with van der Waals surface area (Å²) in [6.07, 6.45) is 4.42. The molecule has 0 aromatic rings. The second-order valence-electron chi connectivity index (χ2n) is 5.21. The summed E-state index contributed by atoms with van der Waals surface area (Å²) < 4.78 is 0. The summed E-state index contributed by atoms with van der Waals surface area (Å²) in [6, 6.07) is 0.723. The molecule has 1 nitrogen and oxygen atoms in total. The van der Waals surface area contributed by atoms with E-state index in [0.29, 0.717) is 0 Å². The molecular formula is C12H25N. The number of rotatable bonds is 6. The minimum Gasteiger partial charge on any atom is -0.301 e. The predicted molar refractivity (Wildman–Crippen MR) is 58.9 cm³/mol. The molecule has 1 aliphatic carbocycles. The molecule has 0 aromatic heterocycles. The zero-order valence-electron chi connectivity index (χ0n) is 9.71. The molecule has 0 spiro atoms. The molecule has 0 saturated heterocycles. The van der Waals surface area contributed by atoms with Gasteiger partial charge in [0.05, 0.1) is 0 Å². The molecule has 1 aliphatic rings. The maximum absolute atomic E-state index is 2.63. The Kier molecular flexibility index (Phi) is 4.24. The molecule has 0 N–H and O–H groups in total. The molecule has 0 heterocycles. The lowest BCUT2D eigenvalue weighted by atomic mass is 10.1. The zero-order chi connectivity index (χ0) is 9.84. The van der Waals surface area contributed by atoms with Gasteiger partial charge in [0.1, 0.15) is 0 Å². The average molecular weight is 183 g/mol. The summed E-state index contributed by atoms with van der Waals surface area (Å²) in [5.41, 5.74) is 0. The Balaban J connectivity index is 2.19. The summed E-state index contributed by atoms with van der Waals surface area (Å²) in [6.45, 7) is 11.8. The zero-order valence-corrected chi connectivity index (χ0v) is 9.71. The molecule has 0 atom stereocenters. The predicted octanol–water partition coefficient (Wildman–Crippen LogP) is 3.15. The molecule has 78 valence electrons. The fourth-order valence-corrected chi connectivity index (χ4v) is 1.78. The first kappa shape index (κ1) is 11.0. The quantitative estimate of drug-likeness (QED) is 0.611. The third-order valence-electron chi connectivity index (χ3n) is 2.85. The van der Waals surface area contributed by atoms with Crippen LogP contribution in [0.1, 0.15) is 47.0 Å². The lowest BCUT2D eigenvalue weighted by molar-refractivity contribution is 0.192. The minimum absolute atomic E-state index is 0.723. The van der Waals surface area contributed by atoms with E-state index < -0.39 is 0 Å². The van der Waals surface area contributed by atoms with E-state index in [1.54, 1.807) is 0 Å². The first-order valence-corrected chi connectivity index (χ1v) is 5.83. The van der Waals surface area contributed by atoms with Crippen molar-refractivity contribution in [1.82, 2.24) is 4.90 Å². The highest BCUT2D eigenvalue weighted by molar-refractivity contribution is 4.75. The lowest BCUT2D eigenvalue weighted by Gasteiger charge is -2.28. The van der Waals surface area contributed by atoms with Crippen molar-refractivity contribution in [3.8, 4) is 0 Å². The van der Waals surface area contributed by atoms with Crippen LogP contribution in [0.2, 0.25) is 0 Å². The molecule has 0 amide bonds. The van der Waals surface area contributed by atoms with E-state index in [4.69, 9.17) is 0 Å². The molecule has 0 radical (unpaired) electrons. The van der Waals surface area contributed by atoms with Gasteiger partial charge in [0.15, 0.2) is 0 Å². The van der Waals surface area contributed by atoms with Gasteiger partial charge in [-0.05, 0) is 38.6 Å². The maximum atomic E-state index is 2.63. The van der Waals surface area contributed by atoms with Crippen LogP contribution in [0.15, 0.2) is 0 Å². The van der Waals surface area contributed by atoms with E-state index in [9.17, 15) is 0 Å². The summed E-state index contributed by atoms with van der Waals surface area (Å²) >= 11 is 0. The molecule has 1 fully saturated rings. The van der Waals surface area contributed by atoms with Crippen LogP contribution in [-0.4, -0.2) is 24.0 Å². The Morgan fingerprint density at radius 1 is 1.15 bits per heavy atom. The van der Waals surface area contributed by atoms with Crippen molar-refractivity contribution in [3.05, 3.63) is 0 Å². The van der Waals surface area contributed by atoms with Crippen molar-refractivity contribution in [2.75, 3.05) is 13.1 Å². The Labute approximate surface area is 83.5 Å². The van der Waals surface area contributed by atoms with E-state index in [-0.39, 0.29) is 0 Å². The van der Waals surface area contributed by atoms with Gasteiger partial charge in [-0.3, -0.25) is 0 Å². The van der Waals surface area contributed by atoms with Gasteiger partial charge >= 0.3 is 0 Å². The van der Waals surface area contributed by atoms with Crippen LogP contribution in [0.5, 0.6) is 0 Å². The molecule has 1 saturated carbocycles. The number of hydrogen-bond acceptors (Lipinski definition) is 1. The molecule has 1 heteroatoms. The van der Waals surface area contributed by atoms with Crippen molar-refractivity contribution in [1.29, 1.82) is 0 Å². The maximum Gasteiger partial charge on any atom is 0.00387 e. The monoisotopic (exact) mass is 183 g/mol. The van der Waals surface area contributed by atoms with Crippen molar-refractivity contribution in [2.45, 2.75) is 53.0 Å². The first-order valence-electron chi connectivity index (χ1n) is 5.83. The normalized spacial score (nSPS) is 17.8. The highest BCUT2D eigenvalue weighted by Crippen LogP contribution is 2.32. The van der Waals surface area contributed by atoms with Crippen LogP contribution in [0.25, 0.3) is 0 Å². The number of hydrogen-bond donors (Lipinski definition) is 0. The van der Waals surface area contributed by atoms with Crippen molar-refractivity contribution in [3.63, 3.8) is 0 Å². The highest BCUT2D eigenvalue weighted by atomic mass is 15.1. The minimum atomic E-state index is 0.723. The lowest BCUT2D eigenvalue weighted by Crippen LogP contribution is -2.35. The molecule has 0 aromatic carbocycles. The van der Waals surface area contributed by atoms with Gasteiger partial charge in [0.2, 0.25) is 0 Å². The summed E-state index contributed by atoms with van der Waals surface area (Å²) in [4.78, 5) is 2.63. The second kappa shape index (κ2) is 4.99. The van der Waals surface area contributed by atoms with Gasteiger partial charge in [-0.25, -0.2) is 0 Å². The van der Waals surface area contributed by atoms with Gasteiger partial charge in [-0.1, -0.05) is 26.7 Å². The molecule has 0 bridgehead atoms. The fourth-order valence-electron chi connectivity index (χ4n) is 1.78. The van der Waals surface area contributed by atoms with Crippen molar-refractivity contribution in [2.24, 2.45) is 11.8 Å². The van der Waals surface area contributed by atoms with Crippen LogP contribution < -0.4 is 0 Å². The van der Waals surface area contributed by atoms with E-state index in [1.807, 2.05) is 0 Å². The summed E-state index contributed by atoms with van der Waals surface area (Å²) in [7, 11) is 0. The summed E-state index contributed by atoms with van der Waals surface area (Å²) in [5, 5.41) is 0. The molecular weight excluding hydrogens is 158 g/mol. The van der Waals surface area contributed by atoms with Crippen molar-refractivity contribution >= 4 is 0 Å². The molecule has 1 rings (SSSR count). The van der Waals surface area contributed by atoms with E-state index in [0.717, 1.165) is 17.9 Å². The Morgan fingerprint density at radius 2 is 1.77 bits per heavy atom. The second-order valence-corrected chi connectivity index (χ2v) is 5.21. The molecule has 0 aliphatic heterocycles. The van der Waals surface area contributed by atoms with Crippen LogP contribution in [0, 0.1) is 11.8 Å². The van der Waals surface area contributed by atoms with Crippen molar-refractivity contribution < 1.29 is 0 Å². The smallest absolute Gasteiger partial charge is 0.00387 e. The number of nitrogens with zero attached hydrogens (tertiary/aromatic N) is 1. The highest BCUT2D eigenvalue weighted by Gasteiger charge is 2.22. The van der Waals surface area contributed by atoms with E-state index in [1.165, 1.54) is 32.4 Å². The van der Waals surface area contributed by atoms with Crippen LogP contribution in [-0.2, 0) is 0 Å². The Hall–Kier alpha value is -0.0400. The largest absolute Gasteiger partial charge is 0.301 e. The molecule has 0 unspecified atom stereocenters. The van der Waals surface area contributed by atoms with Gasteiger partial charge in [0.25, 0.3) is 0 Å². The van der Waals surface area contributed by atoms with E-state index in [2.05, 4.69) is 32.6 Å². The van der Waals surface area contributed by atoms with Crippen LogP contribution in [0.3, 0.4) is 0 Å². The van der Waals surface area contributed by atoms with Crippen LogP contribution >= 0.6 is 0 Å². The van der Waals surface area contributed by atoms with Gasteiger partial charge in [-0.15, -0.1) is 0 Å². The fraction of sp³-hybridized carbons (Fsp3) is 1.00. The average Bonchev–Trinajstić information content (AvgIpc) is 2.79. The first-order chi connectivity index (χ1) is 6.09. The molecule has 13 heavy (non-hydrogen) atoms. The summed E-state index contributed by atoms with van der Waals surface area (Å²) in [5.74, 6) is 1.88. The van der Waals surface area contributed by atoms with Gasteiger partial charge in [-0.2, -0.15) is 0 Å². The Bertz CT molecular complexity index is 136. The third kappa shape index (κ3) is 4.66. The van der Waals surface area contributed by atoms with E-state index >= 15 is 0 Å². The standard InChI is InChI=1S/C12H25N/c1-10(2)9-13(11(3)4)8-7-12-5-6-12/h10-12H,5-9H2,1-4H3. The van der Waals surface area contributed by atoms with Crippen LogP contribution in [0.4, 0.5) is 0 Å². The Morgan fingerprint density at radius 3 is 2.15 bits per heavy atom. The SMILES string of the molecule is CC(C)CN(CCC1CC1)C(C)C. The third-order valence-corrected chi connectivity index (χ3v) is 2.85. The topological polar surface area (TPSA) is 3.24 Å². The van der Waals surface area contributed by atoms with Gasteiger partial charge in [0, 0.05) is 12.6 Å².